The van der Waals surface area contributed by atoms with Crippen LogP contribution in [0.3, 0.4) is 0 Å². The van der Waals surface area contributed by atoms with Crippen LogP contribution in [-0.4, -0.2) is 19.5 Å². The molecule has 7 heteroatoms. The molecule has 0 amide bonds. The molecule has 1 atom stereocenters. The Morgan fingerprint density at radius 1 is 1.18 bits per heavy atom. The van der Waals surface area contributed by atoms with Crippen LogP contribution in [0.4, 0.5) is 0 Å². The minimum atomic E-state index is -3.85. The molecular formula is C15H15NO4S2. The highest BCUT2D eigenvalue weighted by molar-refractivity contribution is 7.91. The number of aliphatic carboxylic acids is 1. The molecule has 1 aromatic heterocycles. The first kappa shape index (κ1) is 15.2. The molecule has 0 bridgehead atoms. The van der Waals surface area contributed by atoms with Gasteiger partial charge in [-0.3, -0.25) is 4.79 Å². The quantitative estimate of drug-likeness (QED) is 0.849. The summed E-state index contributed by atoms with van der Waals surface area (Å²) in [5, 5.41) is 9.32. The second-order valence-corrected chi connectivity index (χ2v) is 8.29. The molecule has 0 spiro atoms. The van der Waals surface area contributed by atoms with Crippen molar-refractivity contribution in [3.05, 3.63) is 52.9 Å². The van der Waals surface area contributed by atoms with Gasteiger partial charge >= 0.3 is 5.97 Å². The minimum absolute atomic E-state index is 0.164. The van der Waals surface area contributed by atoms with Crippen LogP contribution in [0.1, 0.15) is 35.2 Å². The van der Waals surface area contributed by atoms with E-state index in [2.05, 4.69) is 4.72 Å². The Bertz CT molecular complexity index is 779. The zero-order valence-corrected chi connectivity index (χ0v) is 13.2. The van der Waals surface area contributed by atoms with Crippen LogP contribution in [-0.2, 0) is 14.8 Å². The summed E-state index contributed by atoms with van der Waals surface area (Å²) in [6, 6.07) is 10.3. The number of carbonyl (C=O) groups is 1. The lowest BCUT2D eigenvalue weighted by atomic mass is 10.1. The summed E-state index contributed by atoms with van der Waals surface area (Å²) in [5.41, 5.74) is 0.401. The zero-order valence-electron chi connectivity index (χ0n) is 11.6. The fraction of sp³-hybridized carbons (Fsp3) is 0.267. The first-order valence-corrected chi connectivity index (χ1v) is 9.17. The lowest BCUT2D eigenvalue weighted by molar-refractivity contribution is -0.139. The SMILES string of the molecule is O=C(O)C(NS(=O)(=O)c1ccc(C2CC2)s1)c1ccccc1. The third-order valence-corrected chi connectivity index (χ3v) is 6.66. The van der Waals surface area contributed by atoms with Gasteiger partial charge in [-0.15, -0.1) is 11.3 Å². The second-order valence-electron chi connectivity index (χ2n) is 5.23. The van der Waals surface area contributed by atoms with E-state index in [9.17, 15) is 18.3 Å². The average Bonchev–Trinajstić information content (AvgIpc) is 3.22. The highest BCUT2D eigenvalue weighted by atomic mass is 32.2. The number of hydrogen-bond donors (Lipinski definition) is 2. The molecule has 1 fully saturated rings. The summed E-state index contributed by atoms with van der Waals surface area (Å²) in [6.07, 6.45) is 2.18. The molecule has 1 aliphatic rings. The number of benzene rings is 1. The van der Waals surface area contributed by atoms with Crippen molar-refractivity contribution in [2.24, 2.45) is 0 Å². The van der Waals surface area contributed by atoms with Crippen LogP contribution in [0.2, 0.25) is 0 Å². The third-order valence-electron chi connectivity index (χ3n) is 3.50. The molecule has 2 aromatic rings. The molecule has 0 saturated heterocycles. The number of carboxylic acid groups (broad SMARTS) is 1. The van der Waals surface area contributed by atoms with Crippen LogP contribution in [0, 0.1) is 0 Å². The normalized spacial score (nSPS) is 16.4. The first-order chi connectivity index (χ1) is 10.5. The van der Waals surface area contributed by atoms with E-state index < -0.39 is 22.0 Å². The van der Waals surface area contributed by atoms with Crippen molar-refractivity contribution in [2.45, 2.75) is 29.0 Å². The van der Waals surface area contributed by atoms with Gasteiger partial charge in [-0.05, 0) is 36.5 Å². The molecule has 1 heterocycles. The first-order valence-electron chi connectivity index (χ1n) is 6.87. The van der Waals surface area contributed by atoms with Crippen molar-refractivity contribution < 1.29 is 18.3 Å². The number of nitrogens with one attached hydrogen (secondary N) is 1. The summed E-state index contributed by atoms with van der Waals surface area (Å²) in [4.78, 5) is 12.5. The predicted molar refractivity (Wildman–Crippen MR) is 83.4 cm³/mol. The van der Waals surface area contributed by atoms with Gasteiger partial charge in [0.2, 0.25) is 0 Å². The molecule has 5 nitrogen and oxygen atoms in total. The van der Waals surface area contributed by atoms with Gasteiger partial charge in [0.15, 0.2) is 0 Å². The Labute approximate surface area is 132 Å². The molecule has 2 N–H and O–H groups in total. The van der Waals surface area contributed by atoms with E-state index in [4.69, 9.17) is 0 Å². The fourth-order valence-corrected chi connectivity index (χ4v) is 4.88. The van der Waals surface area contributed by atoms with Crippen molar-refractivity contribution >= 4 is 27.3 Å². The van der Waals surface area contributed by atoms with E-state index >= 15 is 0 Å². The lowest BCUT2D eigenvalue weighted by Gasteiger charge is -2.14. The second kappa shape index (κ2) is 5.83. The minimum Gasteiger partial charge on any atom is -0.480 e. The highest BCUT2D eigenvalue weighted by Crippen LogP contribution is 2.44. The monoisotopic (exact) mass is 337 g/mol. The van der Waals surface area contributed by atoms with Crippen molar-refractivity contribution in [1.29, 1.82) is 0 Å². The van der Waals surface area contributed by atoms with Gasteiger partial charge in [0.25, 0.3) is 10.0 Å². The molecule has 116 valence electrons. The van der Waals surface area contributed by atoms with Gasteiger partial charge in [0.05, 0.1) is 0 Å². The maximum absolute atomic E-state index is 12.4. The molecular weight excluding hydrogens is 322 g/mol. The van der Waals surface area contributed by atoms with Gasteiger partial charge in [-0.25, -0.2) is 8.42 Å². The molecule has 0 radical (unpaired) electrons. The number of hydrogen-bond acceptors (Lipinski definition) is 4. The molecule has 1 aliphatic carbocycles. The summed E-state index contributed by atoms with van der Waals surface area (Å²) in [6.45, 7) is 0. The van der Waals surface area contributed by atoms with E-state index in [0.29, 0.717) is 11.5 Å². The van der Waals surface area contributed by atoms with Gasteiger partial charge in [0.1, 0.15) is 10.3 Å². The van der Waals surface area contributed by atoms with Crippen molar-refractivity contribution in [2.75, 3.05) is 0 Å². The van der Waals surface area contributed by atoms with Crippen molar-refractivity contribution in [3.8, 4) is 0 Å². The van der Waals surface area contributed by atoms with E-state index in [1.54, 1.807) is 36.4 Å². The number of sulfonamides is 1. The molecule has 22 heavy (non-hydrogen) atoms. The summed E-state index contributed by atoms with van der Waals surface area (Å²) in [5.74, 6) is -0.757. The summed E-state index contributed by atoms with van der Waals surface area (Å²) in [7, 11) is -3.85. The van der Waals surface area contributed by atoms with E-state index in [1.165, 1.54) is 11.3 Å². The van der Waals surface area contributed by atoms with Crippen LogP contribution >= 0.6 is 11.3 Å². The lowest BCUT2D eigenvalue weighted by Crippen LogP contribution is -2.33. The highest BCUT2D eigenvalue weighted by Gasteiger charge is 2.30. The molecule has 0 aliphatic heterocycles. The number of rotatable bonds is 6. The summed E-state index contributed by atoms with van der Waals surface area (Å²) >= 11 is 1.22. The molecule has 3 rings (SSSR count). The smallest absolute Gasteiger partial charge is 0.326 e. The van der Waals surface area contributed by atoms with Crippen molar-refractivity contribution in [3.63, 3.8) is 0 Å². The Morgan fingerprint density at radius 3 is 2.45 bits per heavy atom. The number of carboxylic acids is 1. The maximum Gasteiger partial charge on any atom is 0.326 e. The fourth-order valence-electron chi connectivity index (χ4n) is 2.19. The third kappa shape index (κ3) is 3.21. The van der Waals surface area contributed by atoms with Gasteiger partial charge in [0, 0.05) is 4.88 Å². The molecule has 1 unspecified atom stereocenters. The maximum atomic E-state index is 12.4. The van der Waals surface area contributed by atoms with Crippen LogP contribution in [0.5, 0.6) is 0 Å². The van der Waals surface area contributed by atoms with E-state index in [1.807, 2.05) is 6.07 Å². The Hall–Kier alpha value is -1.70. The van der Waals surface area contributed by atoms with Gasteiger partial charge in [-0.2, -0.15) is 4.72 Å². The topological polar surface area (TPSA) is 83.5 Å². The zero-order chi connectivity index (χ0) is 15.7. The van der Waals surface area contributed by atoms with Crippen LogP contribution < -0.4 is 4.72 Å². The number of thiophene rings is 1. The Balaban J connectivity index is 1.85. The van der Waals surface area contributed by atoms with Crippen molar-refractivity contribution in [1.82, 2.24) is 4.72 Å². The molecule has 1 aromatic carbocycles. The van der Waals surface area contributed by atoms with E-state index in [0.717, 1.165) is 17.7 Å². The predicted octanol–water partition coefficient (Wildman–Crippen LogP) is 2.73. The Morgan fingerprint density at radius 2 is 1.86 bits per heavy atom. The standard InChI is InChI=1S/C15H15NO4S2/c17-15(18)14(11-4-2-1-3-5-11)16-22(19,20)13-9-8-12(21-13)10-6-7-10/h1-5,8-10,14,16H,6-7H2,(H,17,18). The van der Waals surface area contributed by atoms with Gasteiger partial charge in [-0.1, -0.05) is 30.3 Å². The average molecular weight is 337 g/mol. The van der Waals surface area contributed by atoms with E-state index in [-0.39, 0.29) is 4.21 Å². The van der Waals surface area contributed by atoms with Crippen LogP contribution in [0.15, 0.2) is 46.7 Å². The summed E-state index contributed by atoms with van der Waals surface area (Å²) < 4.78 is 27.3. The molecule has 1 saturated carbocycles. The van der Waals surface area contributed by atoms with Gasteiger partial charge < -0.3 is 5.11 Å². The van der Waals surface area contributed by atoms with Crippen LogP contribution in [0.25, 0.3) is 0 Å². The largest absolute Gasteiger partial charge is 0.480 e. The Kier molecular flexibility index (Phi) is 4.03.